The van der Waals surface area contributed by atoms with Gasteiger partial charge >= 0.3 is 0 Å². The van der Waals surface area contributed by atoms with E-state index in [9.17, 15) is 24.9 Å². The maximum Gasteiger partial charge on any atom is 0.170 e. The molecule has 0 radical (unpaired) electrons. The van der Waals surface area contributed by atoms with Crippen molar-refractivity contribution in [3.63, 3.8) is 0 Å². The summed E-state index contributed by atoms with van der Waals surface area (Å²) in [6, 6.07) is 0. The minimum absolute atomic E-state index is 0.0138. The topological polar surface area (TPSA) is 108 Å². The number of benzene rings is 2. The molecule has 6 nitrogen and oxygen atoms in total. The van der Waals surface area contributed by atoms with Gasteiger partial charge < -0.3 is 19.7 Å². The van der Waals surface area contributed by atoms with Gasteiger partial charge in [-0.1, -0.05) is 27.7 Å². The first-order valence-corrected chi connectivity index (χ1v) is 10.6. The van der Waals surface area contributed by atoms with Gasteiger partial charge in [0.2, 0.25) is 0 Å². The van der Waals surface area contributed by atoms with Crippen LogP contribution in [0.5, 0.6) is 17.2 Å². The number of rotatable bonds is 6. The number of carbonyl (C=O) groups is 2. The van der Waals surface area contributed by atoms with Crippen molar-refractivity contribution in [1.82, 2.24) is 0 Å². The highest BCUT2D eigenvalue weighted by atomic mass is 16.3. The van der Waals surface area contributed by atoms with Crippen molar-refractivity contribution in [2.24, 2.45) is 11.8 Å². The second kappa shape index (κ2) is 7.91. The predicted octanol–water partition coefficient (Wildman–Crippen LogP) is 6.09. The van der Waals surface area contributed by atoms with E-state index in [1.54, 1.807) is 13.8 Å². The Morgan fingerprint density at radius 1 is 0.677 bits per heavy atom. The molecule has 0 bridgehead atoms. The minimum Gasteiger partial charge on any atom is -0.507 e. The van der Waals surface area contributed by atoms with Crippen molar-refractivity contribution >= 4 is 33.5 Å². The van der Waals surface area contributed by atoms with E-state index >= 15 is 0 Å². The maximum absolute atomic E-state index is 13.1. The van der Waals surface area contributed by atoms with Crippen LogP contribution in [0.3, 0.4) is 0 Å². The fourth-order valence-corrected chi connectivity index (χ4v) is 4.09. The third kappa shape index (κ3) is 3.54. The molecule has 31 heavy (non-hydrogen) atoms. The Balaban J connectivity index is 2.55. The van der Waals surface area contributed by atoms with Crippen molar-refractivity contribution in [2.45, 2.75) is 61.3 Å². The standard InChI is InChI=1S/C25H30O6/c1-10(2)8-15(26)17-12(5)13(6)21(28)19-20-23(30)14(7)22(29)18(16(27)9-11(3)4)25(20)31-24(17)19/h10-11,28-30H,8-9H2,1-7H3. The average Bonchev–Trinajstić information content (AvgIpc) is 3.03. The SMILES string of the molecule is Cc1c(C)c(O)c2c(oc3c(C(=O)CC(C)C)c(O)c(C)c(O)c32)c1C(=O)CC(C)C. The van der Waals surface area contributed by atoms with Crippen molar-refractivity contribution in [3.8, 4) is 17.2 Å². The van der Waals surface area contributed by atoms with Crippen LogP contribution in [0.25, 0.3) is 21.9 Å². The summed E-state index contributed by atoms with van der Waals surface area (Å²) in [7, 11) is 0. The largest absolute Gasteiger partial charge is 0.507 e. The summed E-state index contributed by atoms with van der Waals surface area (Å²) >= 11 is 0. The lowest BCUT2D eigenvalue weighted by Crippen LogP contribution is -2.07. The first-order valence-electron chi connectivity index (χ1n) is 10.6. The van der Waals surface area contributed by atoms with E-state index in [-0.39, 0.29) is 86.6 Å². The first kappa shape index (κ1) is 22.7. The molecule has 1 heterocycles. The molecule has 6 heteroatoms. The summed E-state index contributed by atoms with van der Waals surface area (Å²) in [5, 5.41) is 32.8. The first-order chi connectivity index (χ1) is 14.4. The molecule has 2 aromatic carbocycles. The Morgan fingerprint density at radius 3 is 1.58 bits per heavy atom. The molecule has 0 fully saturated rings. The number of fused-ring (bicyclic) bond motifs is 3. The van der Waals surface area contributed by atoms with Crippen molar-refractivity contribution in [3.05, 3.63) is 27.8 Å². The number of phenolic OH excluding ortho intramolecular Hbond substituents is 3. The number of Topliss-reactive ketones (excluding diaryl/α,β-unsaturated/α-hetero) is 2. The van der Waals surface area contributed by atoms with Gasteiger partial charge in [-0.15, -0.1) is 0 Å². The van der Waals surface area contributed by atoms with Crippen LogP contribution < -0.4 is 0 Å². The van der Waals surface area contributed by atoms with E-state index in [1.165, 1.54) is 6.92 Å². The summed E-state index contributed by atoms with van der Waals surface area (Å²) in [4.78, 5) is 26.1. The molecule has 3 rings (SSSR count). The van der Waals surface area contributed by atoms with Gasteiger partial charge in [-0.05, 0) is 43.7 Å². The van der Waals surface area contributed by atoms with Crippen molar-refractivity contribution < 1.29 is 29.3 Å². The van der Waals surface area contributed by atoms with Gasteiger partial charge in [-0.2, -0.15) is 0 Å². The highest BCUT2D eigenvalue weighted by Crippen LogP contribution is 2.49. The van der Waals surface area contributed by atoms with Crippen LogP contribution in [0.15, 0.2) is 4.42 Å². The minimum atomic E-state index is -0.349. The molecule has 0 saturated heterocycles. The van der Waals surface area contributed by atoms with Gasteiger partial charge in [0.15, 0.2) is 17.1 Å². The molecule has 1 aromatic heterocycles. The number of phenols is 3. The summed E-state index contributed by atoms with van der Waals surface area (Å²) in [5.74, 6) is -1.07. The molecule has 166 valence electrons. The Morgan fingerprint density at radius 2 is 1.10 bits per heavy atom. The number of hydrogen-bond donors (Lipinski definition) is 3. The van der Waals surface area contributed by atoms with Gasteiger partial charge in [-0.25, -0.2) is 0 Å². The Labute approximate surface area is 181 Å². The molecule has 0 atom stereocenters. The monoisotopic (exact) mass is 426 g/mol. The summed E-state index contributed by atoms with van der Waals surface area (Å²) in [6.45, 7) is 12.6. The van der Waals surface area contributed by atoms with Gasteiger partial charge in [0.05, 0.1) is 16.3 Å². The highest BCUT2D eigenvalue weighted by molar-refractivity contribution is 6.23. The Bertz CT molecular complexity index is 1130. The number of ketones is 2. The van der Waals surface area contributed by atoms with Crippen molar-refractivity contribution in [2.75, 3.05) is 0 Å². The third-order valence-corrected chi connectivity index (χ3v) is 5.82. The van der Waals surface area contributed by atoms with Gasteiger partial charge in [0, 0.05) is 18.4 Å². The molecule has 3 aromatic rings. The zero-order chi connectivity index (χ0) is 23.4. The lowest BCUT2D eigenvalue weighted by atomic mass is 9.90. The summed E-state index contributed by atoms with van der Waals surface area (Å²) < 4.78 is 6.03. The molecule has 0 aliphatic carbocycles. The zero-order valence-corrected chi connectivity index (χ0v) is 19.1. The van der Waals surface area contributed by atoms with Gasteiger partial charge in [-0.3, -0.25) is 9.59 Å². The zero-order valence-electron chi connectivity index (χ0n) is 19.1. The average molecular weight is 427 g/mol. The molecule has 0 aliphatic rings. The van der Waals surface area contributed by atoms with Crippen molar-refractivity contribution in [1.29, 1.82) is 0 Å². The van der Waals surface area contributed by atoms with Gasteiger partial charge in [0.25, 0.3) is 0 Å². The van der Waals surface area contributed by atoms with E-state index in [1.807, 2.05) is 27.7 Å². The lowest BCUT2D eigenvalue weighted by molar-refractivity contribution is 0.0959. The van der Waals surface area contributed by atoms with E-state index in [4.69, 9.17) is 4.42 Å². The summed E-state index contributed by atoms with van der Waals surface area (Å²) in [6.07, 6.45) is 0.458. The predicted molar refractivity (Wildman–Crippen MR) is 120 cm³/mol. The van der Waals surface area contributed by atoms with E-state index in [2.05, 4.69) is 0 Å². The van der Waals surface area contributed by atoms with E-state index in [0.29, 0.717) is 16.7 Å². The number of hydrogen-bond acceptors (Lipinski definition) is 6. The quantitative estimate of drug-likeness (QED) is 0.412. The summed E-state index contributed by atoms with van der Waals surface area (Å²) in [5.41, 5.74) is 1.61. The molecular formula is C25H30O6. The second-order valence-corrected chi connectivity index (χ2v) is 9.22. The Kier molecular flexibility index (Phi) is 5.78. The third-order valence-electron chi connectivity index (χ3n) is 5.82. The number of aromatic hydroxyl groups is 3. The lowest BCUT2D eigenvalue weighted by Gasteiger charge is -2.13. The highest BCUT2D eigenvalue weighted by Gasteiger charge is 2.31. The normalized spacial score (nSPS) is 11.9. The van der Waals surface area contributed by atoms with E-state index in [0.717, 1.165) is 0 Å². The molecular weight excluding hydrogens is 396 g/mol. The van der Waals surface area contributed by atoms with Crippen LogP contribution in [0.4, 0.5) is 0 Å². The number of carbonyl (C=O) groups excluding carboxylic acids is 2. The van der Waals surface area contributed by atoms with Crippen LogP contribution in [-0.2, 0) is 0 Å². The second-order valence-electron chi connectivity index (χ2n) is 9.22. The van der Waals surface area contributed by atoms with Crippen LogP contribution in [-0.4, -0.2) is 26.9 Å². The van der Waals surface area contributed by atoms with Crippen LogP contribution in [0.1, 0.15) is 77.9 Å². The van der Waals surface area contributed by atoms with Gasteiger partial charge in [0.1, 0.15) is 28.4 Å². The molecule has 0 unspecified atom stereocenters. The molecule has 3 N–H and O–H groups in total. The molecule has 0 spiro atoms. The fourth-order valence-electron chi connectivity index (χ4n) is 4.09. The maximum atomic E-state index is 13.1. The molecule has 0 amide bonds. The van der Waals surface area contributed by atoms with Crippen LogP contribution in [0.2, 0.25) is 0 Å². The van der Waals surface area contributed by atoms with Crippen LogP contribution >= 0.6 is 0 Å². The number of furan rings is 1. The smallest absolute Gasteiger partial charge is 0.170 e. The Hall–Kier alpha value is -3.02. The van der Waals surface area contributed by atoms with E-state index < -0.39 is 0 Å². The molecule has 0 aliphatic heterocycles. The van der Waals surface area contributed by atoms with Crippen LogP contribution in [0, 0.1) is 32.6 Å². The fraction of sp³-hybridized carbons (Fsp3) is 0.440. The molecule has 0 saturated carbocycles.